The topological polar surface area (TPSA) is 16.1 Å². The van der Waals surface area contributed by atoms with E-state index < -0.39 is 0 Å². The molecule has 1 heterocycles. The lowest BCUT2D eigenvalue weighted by Crippen LogP contribution is -2.13. The SMILES string of the molecule is c1ccc(-c2cccc(-c3ccccc3N(c3ccc4ccc5cccc6ccc3c4c56)c3ccc4ccc5cccc6ccc3c4c56)n2)cc1. The summed E-state index contributed by atoms with van der Waals surface area (Å²) in [6.45, 7) is 0. The van der Waals surface area contributed by atoms with E-state index in [-0.39, 0.29) is 0 Å². The van der Waals surface area contributed by atoms with Crippen LogP contribution in [-0.4, -0.2) is 4.98 Å². The molecule has 236 valence electrons. The highest BCUT2D eigenvalue weighted by atomic mass is 15.1. The van der Waals surface area contributed by atoms with Gasteiger partial charge in [0.2, 0.25) is 0 Å². The monoisotopic (exact) mass is 646 g/mol. The maximum atomic E-state index is 5.27. The molecule has 0 unspecified atom stereocenters. The summed E-state index contributed by atoms with van der Waals surface area (Å²) in [6, 6.07) is 66.2. The Kier molecular flexibility index (Phi) is 5.99. The Morgan fingerprint density at radius 1 is 0.294 bits per heavy atom. The van der Waals surface area contributed by atoms with Crippen molar-refractivity contribution in [1.29, 1.82) is 0 Å². The lowest BCUT2D eigenvalue weighted by atomic mass is 9.91. The van der Waals surface area contributed by atoms with E-state index in [1.54, 1.807) is 0 Å². The molecule has 11 rings (SSSR count). The van der Waals surface area contributed by atoms with Crippen molar-refractivity contribution < 1.29 is 0 Å². The first-order valence-electron chi connectivity index (χ1n) is 17.6. The summed E-state index contributed by atoms with van der Waals surface area (Å²) in [6.07, 6.45) is 0. The zero-order valence-corrected chi connectivity index (χ0v) is 27.7. The molecule has 2 nitrogen and oxygen atoms in total. The molecule has 0 saturated carbocycles. The molecule has 1 aromatic heterocycles. The van der Waals surface area contributed by atoms with Crippen LogP contribution in [0, 0.1) is 0 Å². The van der Waals surface area contributed by atoms with Gasteiger partial charge in [-0.25, -0.2) is 4.98 Å². The molecule has 0 N–H and O–H groups in total. The molecule has 0 atom stereocenters. The van der Waals surface area contributed by atoms with Crippen LogP contribution in [0.2, 0.25) is 0 Å². The maximum Gasteiger partial charge on any atom is 0.0730 e. The molecule has 0 aliphatic carbocycles. The van der Waals surface area contributed by atoms with Crippen molar-refractivity contribution in [3.8, 4) is 22.5 Å². The van der Waals surface area contributed by atoms with Crippen LogP contribution in [0.5, 0.6) is 0 Å². The van der Waals surface area contributed by atoms with E-state index in [1.807, 2.05) is 6.07 Å². The van der Waals surface area contributed by atoms with Crippen molar-refractivity contribution in [1.82, 2.24) is 4.98 Å². The summed E-state index contributed by atoms with van der Waals surface area (Å²) < 4.78 is 0. The lowest BCUT2D eigenvalue weighted by Gasteiger charge is -2.31. The smallest absolute Gasteiger partial charge is 0.0730 e. The van der Waals surface area contributed by atoms with Gasteiger partial charge in [-0.2, -0.15) is 0 Å². The van der Waals surface area contributed by atoms with Crippen LogP contribution in [0.3, 0.4) is 0 Å². The second-order valence-electron chi connectivity index (χ2n) is 13.5. The van der Waals surface area contributed by atoms with Crippen LogP contribution < -0.4 is 4.90 Å². The van der Waals surface area contributed by atoms with Crippen LogP contribution in [0.15, 0.2) is 182 Å². The van der Waals surface area contributed by atoms with Crippen molar-refractivity contribution >= 4 is 81.7 Å². The number of hydrogen-bond donors (Lipinski definition) is 0. The number of hydrogen-bond acceptors (Lipinski definition) is 2. The average molecular weight is 647 g/mol. The third-order valence-electron chi connectivity index (χ3n) is 10.7. The van der Waals surface area contributed by atoms with Gasteiger partial charge in [-0.15, -0.1) is 0 Å². The Morgan fingerprint density at radius 3 is 1.33 bits per heavy atom. The number of rotatable bonds is 5. The molecular formula is C49H30N2. The highest BCUT2D eigenvalue weighted by Gasteiger charge is 2.24. The summed E-state index contributed by atoms with van der Waals surface area (Å²) >= 11 is 0. The summed E-state index contributed by atoms with van der Waals surface area (Å²) in [4.78, 5) is 7.76. The highest BCUT2D eigenvalue weighted by molar-refractivity contribution is 6.28. The lowest BCUT2D eigenvalue weighted by molar-refractivity contribution is 1.28. The first-order chi connectivity index (χ1) is 25.3. The summed E-state index contributed by atoms with van der Waals surface area (Å²) in [7, 11) is 0. The fourth-order valence-electron chi connectivity index (χ4n) is 8.46. The van der Waals surface area contributed by atoms with E-state index in [1.165, 1.54) is 64.6 Å². The van der Waals surface area contributed by atoms with E-state index >= 15 is 0 Å². The van der Waals surface area contributed by atoms with Crippen LogP contribution in [0.1, 0.15) is 0 Å². The highest BCUT2D eigenvalue weighted by Crippen LogP contribution is 2.49. The van der Waals surface area contributed by atoms with Gasteiger partial charge in [0.05, 0.1) is 28.5 Å². The molecule has 51 heavy (non-hydrogen) atoms. The van der Waals surface area contributed by atoms with Gasteiger partial charge in [0.1, 0.15) is 0 Å². The van der Waals surface area contributed by atoms with Crippen LogP contribution in [0.25, 0.3) is 87.1 Å². The van der Waals surface area contributed by atoms with Crippen molar-refractivity contribution in [2.24, 2.45) is 0 Å². The third kappa shape index (κ3) is 4.20. The first-order valence-corrected chi connectivity index (χ1v) is 17.6. The van der Waals surface area contributed by atoms with Gasteiger partial charge in [0.25, 0.3) is 0 Å². The van der Waals surface area contributed by atoms with Crippen molar-refractivity contribution in [2.45, 2.75) is 0 Å². The molecule has 0 amide bonds. The molecule has 10 aromatic carbocycles. The Labute approximate surface area is 295 Å². The molecule has 0 bridgehead atoms. The number of pyridine rings is 1. The van der Waals surface area contributed by atoms with Crippen molar-refractivity contribution in [2.75, 3.05) is 4.90 Å². The van der Waals surface area contributed by atoms with Crippen LogP contribution in [0.4, 0.5) is 17.1 Å². The second-order valence-corrected chi connectivity index (χ2v) is 13.5. The molecular weight excluding hydrogens is 617 g/mol. The van der Waals surface area contributed by atoms with E-state index in [2.05, 4.69) is 181 Å². The maximum absolute atomic E-state index is 5.27. The normalized spacial score (nSPS) is 11.9. The van der Waals surface area contributed by atoms with E-state index in [0.717, 1.165) is 39.6 Å². The number of aromatic nitrogens is 1. The number of nitrogens with zero attached hydrogens (tertiary/aromatic N) is 2. The van der Waals surface area contributed by atoms with E-state index in [0.29, 0.717) is 0 Å². The van der Waals surface area contributed by atoms with E-state index in [9.17, 15) is 0 Å². The van der Waals surface area contributed by atoms with Crippen molar-refractivity contribution in [3.05, 3.63) is 182 Å². The standard InChI is InChI=1S/C49H30N2/c1-2-9-31(10-3-1)41-16-8-17-42(50-41)38-15-4-5-18-43(38)51(44-29-25-36-21-19-32-11-6-13-34-23-27-39(44)48(36)46(32)34)45-30-26-37-22-20-33-12-7-14-35-24-28-40(45)49(37)47(33)35/h1-30H. The van der Waals surface area contributed by atoms with Crippen LogP contribution >= 0.6 is 0 Å². The largest absolute Gasteiger partial charge is 0.309 e. The van der Waals surface area contributed by atoms with Gasteiger partial charge in [0, 0.05) is 21.9 Å². The van der Waals surface area contributed by atoms with Gasteiger partial charge in [-0.3, -0.25) is 0 Å². The van der Waals surface area contributed by atoms with E-state index in [4.69, 9.17) is 4.98 Å². The molecule has 2 heteroatoms. The molecule has 0 aliphatic rings. The minimum absolute atomic E-state index is 0.937. The molecule has 0 spiro atoms. The fourth-order valence-corrected chi connectivity index (χ4v) is 8.46. The van der Waals surface area contributed by atoms with Gasteiger partial charge in [-0.05, 0) is 84.2 Å². The summed E-state index contributed by atoms with van der Waals surface area (Å²) in [5, 5.41) is 15.2. The minimum atomic E-state index is 0.937. The predicted octanol–water partition coefficient (Wildman–Crippen LogP) is 13.7. The van der Waals surface area contributed by atoms with Gasteiger partial charge in [0.15, 0.2) is 0 Å². The van der Waals surface area contributed by atoms with Crippen molar-refractivity contribution in [3.63, 3.8) is 0 Å². The Morgan fingerprint density at radius 2 is 0.745 bits per heavy atom. The molecule has 11 aromatic rings. The van der Waals surface area contributed by atoms with Crippen LogP contribution in [-0.2, 0) is 0 Å². The molecule has 0 radical (unpaired) electrons. The molecule has 0 saturated heterocycles. The zero-order chi connectivity index (χ0) is 33.5. The average Bonchev–Trinajstić information content (AvgIpc) is 3.20. The summed E-state index contributed by atoms with van der Waals surface area (Å²) in [5.41, 5.74) is 7.44. The van der Waals surface area contributed by atoms with Gasteiger partial charge >= 0.3 is 0 Å². The second kappa shape index (κ2) is 10.9. The summed E-state index contributed by atoms with van der Waals surface area (Å²) in [5.74, 6) is 0. The number of benzene rings is 10. The Hall–Kier alpha value is -6.77. The minimum Gasteiger partial charge on any atom is -0.309 e. The predicted molar refractivity (Wildman–Crippen MR) is 217 cm³/mol. The Bertz CT molecular complexity index is 2910. The zero-order valence-electron chi connectivity index (χ0n) is 27.7. The Balaban J connectivity index is 1.24. The number of anilines is 3. The molecule has 0 fully saturated rings. The quantitative estimate of drug-likeness (QED) is 0.173. The van der Waals surface area contributed by atoms with Gasteiger partial charge < -0.3 is 4.90 Å². The molecule has 0 aliphatic heterocycles. The number of para-hydroxylation sites is 1. The first kappa shape index (κ1) is 28.1. The fraction of sp³-hybridized carbons (Fsp3) is 0. The van der Waals surface area contributed by atoms with Gasteiger partial charge in [-0.1, -0.05) is 152 Å². The third-order valence-corrected chi connectivity index (χ3v) is 10.7.